The van der Waals surface area contributed by atoms with Crippen molar-refractivity contribution >= 4 is 122 Å². The van der Waals surface area contributed by atoms with Gasteiger partial charge in [0, 0.05) is 65.2 Å². The minimum atomic E-state index is 0.458. The lowest BCUT2D eigenvalue weighted by Crippen LogP contribution is -2.14. The van der Waals surface area contributed by atoms with Crippen LogP contribution < -0.4 is 19.3 Å². The van der Waals surface area contributed by atoms with Crippen molar-refractivity contribution in [2.24, 2.45) is 11.8 Å². The van der Waals surface area contributed by atoms with Gasteiger partial charge < -0.3 is 19.3 Å². The normalized spacial score (nSPS) is 12.3. The van der Waals surface area contributed by atoms with E-state index in [0.717, 1.165) is 127 Å². The zero-order valence-corrected chi connectivity index (χ0v) is 50.0. The Morgan fingerprint density at radius 1 is 0.405 bits per heavy atom. The molecule has 0 radical (unpaired) electrons. The second kappa shape index (κ2) is 25.5. The van der Waals surface area contributed by atoms with Crippen LogP contribution in [-0.2, 0) is 0 Å². The van der Waals surface area contributed by atoms with Gasteiger partial charge in [-0.05, 0) is 167 Å². The molecule has 0 aliphatic carbocycles. The smallest absolute Gasteiger partial charge is 0.161 e. The van der Waals surface area contributed by atoms with Crippen LogP contribution in [0.1, 0.15) is 99.8 Å². The number of fused-ring (bicyclic) bond motifs is 8. The van der Waals surface area contributed by atoms with Crippen LogP contribution in [0.15, 0.2) is 206 Å². The van der Waals surface area contributed by atoms with Gasteiger partial charge in [0.15, 0.2) is 11.5 Å². The standard InChI is InChI=1S/C76H70N2O4S2/c1-5-9-17-51(7-3)49-81-71-43-65-66(44-72(71)82-50-52(8-4)18-10-6-2)68-46-74(58-33-41-62(42-34-58)78(60-37-29-54(48-80)30-38-60)70-26-16-22-56-20-12-14-24-64(56)70)84-76(68)75-67(65)45-73(83-75)57-31-39-61(40-32-57)77(59-35-27-53(47-79)28-36-59)69-25-15-21-55-19-11-13-23-63(55)69/h11-16,19-48,51-52H,5-10,17-18,49-50H2,1-4H3. The van der Waals surface area contributed by atoms with E-state index in [1.54, 1.807) is 0 Å². The molecular formula is C76H70N2O4S2. The number of nitrogens with zero attached hydrogens (tertiary/aromatic N) is 2. The van der Waals surface area contributed by atoms with Crippen molar-refractivity contribution in [2.75, 3.05) is 23.0 Å². The number of thiophene rings is 2. The second-order valence-electron chi connectivity index (χ2n) is 22.2. The van der Waals surface area contributed by atoms with E-state index in [1.165, 1.54) is 55.6 Å². The third kappa shape index (κ3) is 11.5. The van der Waals surface area contributed by atoms with Crippen LogP contribution in [0.5, 0.6) is 11.5 Å². The fourth-order valence-electron chi connectivity index (χ4n) is 11.9. The Labute approximate surface area is 501 Å². The minimum absolute atomic E-state index is 0.458. The summed E-state index contributed by atoms with van der Waals surface area (Å²) in [5.41, 5.74) is 9.66. The van der Waals surface area contributed by atoms with Crippen molar-refractivity contribution in [1.82, 2.24) is 0 Å². The van der Waals surface area contributed by atoms with Crippen molar-refractivity contribution in [3.63, 3.8) is 0 Å². The molecule has 0 fully saturated rings. The number of anilines is 6. The summed E-state index contributed by atoms with van der Waals surface area (Å²) in [6.45, 7) is 10.4. The Bertz CT molecular complexity index is 3970. The molecule has 0 saturated carbocycles. The van der Waals surface area contributed by atoms with Crippen molar-refractivity contribution < 1.29 is 19.1 Å². The van der Waals surface area contributed by atoms with Crippen molar-refractivity contribution in [2.45, 2.75) is 79.1 Å². The molecule has 0 bridgehead atoms. The summed E-state index contributed by atoms with van der Waals surface area (Å²) in [5, 5.41) is 9.33. The first kappa shape index (κ1) is 55.9. The van der Waals surface area contributed by atoms with Crippen LogP contribution in [0.4, 0.5) is 34.1 Å². The molecule has 2 unspecified atom stereocenters. The van der Waals surface area contributed by atoms with Gasteiger partial charge in [-0.3, -0.25) is 9.59 Å². The summed E-state index contributed by atoms with van der Waals surface area (Å²) in [6.07, 6.45) is 10.9. The molecule has 420 valence electrons. The average Bonchev–Trinajstić information content (AvgIpc) is 4.35. The Hall–Kier alpha value is -8.56. The number of unbranched alkanes of at least 4 members (excludes halogenated alkanes) is 2. The van der Waals surface area contributed by atoms with Gasteiger partial charge in [0.05, 0.1) is 34.0 Å². The molecule has 0 amide bonds. The molecule has 0 N–H and O–H groups in total. The Balaban J connectivity index is 0.995. The molecule has 0 saturated heterocycles. The lowest BCUT2D eigenvalue weighted by molar-refractivity contribution is 0.111. The summed E-state index contributed by atoms with van der Waals surface area (Å²) in [7, 11) is 0. The van der Waals surface area contributed by atoms with E-state index in [-0.39, 0.29) is 0 Å². The number of hydrogen-bond donors (Lipinski definition) is 0. The van der Waals surface area contributed by atoms with Gasteiger partial charge in [-0.2, -0.15) is 0 Å². The lowest BCUT2D eigenvalue weighted by Gasteiger charge is -2.27. The highest BCUT2D eigenvalue weighted by Gasteiger charge is 2.23. The Morgan fingerprint density at radius 3 is 1.14 bits per heavy atom. The van der Waals surface area contributed by atoms with E-state index < -0.39 is 0 Å². The fraction of sp³-hybridized carbons (Fsp3) is 0.211. The van der Waals surface area contributed by atoms with Crippen molar-refractivity contribution in [3.05, 3.63) is 217 Å². The van der Waals surface area contributed by atoms with Crippen molar-refractivity contribution in [1.29, 1.82) is 0 Å². The third-order valence-electron chi connectivity index (χ3n) is 16.8. The van der Waals surface area contributed by atoms with Crippen molar-refractivity contribution in [3.8, 4) is 32.4 Å². The zero-order chi connectivity index (χ0) is 57.5. The number of hydrogen-bond acceptors (Lipinski definition) is 8. The molecular weight excluding hydrogens is 1070 g/mol. The van der Waals surface area contributed by atoms with Gasteiger partial charge in [-0.1, -0.05) is 163 Å². The maximum Gasteiger partial charge on any atom is 0.161 e. The molecule has 2 atom stereocenters. The van der Waals surface area contributed by atoms with Gasteiger partial charge in [-0.25, -0.2) is 0 Å². The highest BCUT2D eigenvalue weighted by atomic mass is 32.1. The SMILES string of the molecule is CCCCC(CC)COc1cc2c(cc1OCC(CC)CCCC)c1cc(-c3ccc(N(c4ccc(C=O)cc4)c4cccc5ccccc45)cc3)sc1c1sc(-c3ccc(N(c4ccc(C=O)cc4)c4cccc5ccccc45)cc3)cc21. The first-order valence-corrected chi connectivity index (χ1v) is 31.6. The van der Waals surface area contributed by atoms with E-state index >= 15 is 0 Å². The number of ether oxygens (including phenoxy) is 2. The fourth-order valence-corrected chi connectivity index (χ4v) is 14.4. The molecule has 2 heterocycles. The summed E-state index contributed by atoms with van der Waals surface area (Å²) >= 11 is 3.70. The van der Waals surface area contributed by atoms with Crippen LogP contribution in [0.2, 0.25) is 0 Å². The number of carbonyl (C=O) groups excluding carboxylic acids is 2. The maximum atomic E-state index is 11.8. The minimum Gasteiger partial charge on any atom is -0.489 e. The molecule has 8 heteroatoms. The first-order valence-electron chi connectivity index (χ1n) is 30.0. The number of carbonyl (C=O) groups is 2. The Kier molecular flexibility index (Phi) is 17.0. The number of aldehydes is 2. The number of rotatable bonds is 24. The predicted octanol–water partition coefficient (Wildman–Crippen LogP) is 22.7. The summed E-state index contributed by atoms with van der Waals surface area (Å²) in [6, 6.07) is 72.8. The number of benzene rings is 10. The highest BCUT2D eigenvalue weighted by Crippen LogP contribution is 2.51. The molecule has 12 aromatic rings. The molecule has 0 aliphatic heterocycles. The van der Waals surface area contributed by atoms with Gasteiger partial charge in [0.25, 0.3) is 0 Å². The van der Waals surface area contributed by atoms with Crippen LogP contribution in [0.25, 0.3) is 73.4 Å². The largest absolute Gasteiger partial charge is 0.489 e. The molecule has 0 aliphatic rings. The lowest BCUT2D eigenvalue weighted by atomic mass is 9.99. The average molecular weight is 1140 g/mol. The quantitative estimate of drug-likeness (QED) is 0.0562. The van der Waals surface area contributed by atoms with Gasteiger partial charge in [-0.15, -0.1) is 22.7 Å². The first-order chi connectivity index (χ1) is 41.4. The Morgan fingerprint density at radius 2 is 0.774 bits per heavy atom. The highest BCUT2D eigenvalue weighted by molar-refractivity contribution is 7.30. The van der Waals surface area contributed by atoms with Gasteiger partial charge in [0.2, 0.25) is 0 Å². The molecule has 10 aromatic carbocycles. The van der Waals surface area contributed by atoms with E-state index in [0.29, 0.717) is 36.2 Å². The predicted molar refractivity (Wildman–Crippen MR) is 358 cm³/mol. The van der Waals surface area contributed by atoms with Gasteiger partial charge in [0.1, 0.15) is 12.6 Å². The summed E-state index contributed by atoms with van der Waals surface area (Å²) in [4.78, 5) is 30.5. The van der Waals surface area contributed by atoms with Crippen LogP contribution >= 0.6 is 22.7 Å². The van der Waals surface area contributed by atoms with E-state index in [1.807, 2.05) is 71.2 Å². The van der Waals surface area contributed by atoms with Crippen LogP contribution in [0, 0.1) is 11.8 Å². The monoisotopic (exact) mass is 1140 g/mol. The molecule has 6 nitrogen and oxygen atoms in total. The van der Waals surface area contributed by atoms with E-state index in [2.05, 4.69) is 195 Å². The second-order valence-corrected chi connectivity index (χ2v) is 24.3. The summed E-state index contributed by atoms with van der Waals surface area (Å²) < 4.78 is 16.5. The molecule has 84 heavy (non-hydrogen) atoms. The van der Waals surface area contributed by atoms with E-state index in [9.17, 15) is 9.59 Å². The molecule has 0 spiro atoms. The van der Waals surface area contributed by atoms with E-state index in [4.69, 9.17) is 9.47 Å². The van der Waals surface area contributed by atoms with Crippen LogP contribution in [-0.4, -0.2) is 25.8 Å². The zero-order valence-electron chi connectivity index (χ0n) is 48.4. The van der Waals surface area contributed by atoms with Crippen LogP contribution in [0.3, 0.4) is 0 Å². The molecule has 2 aromatic heterocycles. The molecule has 12 rings (SSSR count). The maximum absolute atomic E-state index is 11.8. The third-order valence-corrected chi connectivity index (χ3v) is 19.3. The van der Waals surface area contributed by atoms with Gasteiger partial charge >= 0.3 is 0 Å². The topological polar surface area (TPSA) is 59.1 Å². The summed E-state index contributed by atoms with van der Waals surface area (Å²) in [5.74, 6) is 2.55.